The first kappa shape index (κ1) is 7.74. The molecule has 1 aromatic heterocycles. The average Bonchev–Trinajstić information content (AvgIpc) is 2.54. The van der Waals surface area contributed by atoms with Gasteiger partial charge in [-0.25, -0.2) is 0 Å². The molecule has 62 valence electrons. The molecule has 0 bridgehead atoms. The Bertz CT molecular complexity index is 403. The normalized spacial score (nSPS) is 10.8. The molecule has 0 saturated heterocycles. The molecule has 1 heterocycles. The van der Waals surface area contributed by atoms with Gasteiger partial charge in [0, 0.05) is 11.6 Å². The number of aromatic nitrogens is 1. The van der Waals surface area contributed by atoms with Gasteiger partial charge in [-0.1, -0.05) is 19.1 Å². The number of aryl methyl sites for hydroxylation is 2. The van der Waals surface area contributed by atoms with E-state index < -0.39 is 0 Å². The SMILES string of the molecule is CCc1ccc(C)c2sncc12. The zero-order chi connectivity index (χ0) is 8.55. The highest BCUT2D eigenvalue weighted by molar-refractivity contribution is 7.13. The summed E-state index contributed by atoms with van der Waals surface area (Å²) in [5.74, 6) is 0. The quantitative estimate of drug-likeness (QED) is 0.652. The lowest BCUT2D eigenvalue weighted by Crippen LogP contribution is -1.81. The Balaban J connectivity index is 2.82. The van der Waals surface area contributed by atoms with Gasteiger partial charge in [-0.3, -0.25) is 0 Å². The van der Waals surface area contributed by atoms with Crippen LogP contribution in [0.5, 0.6) is 0 Å². The summed E-state index contributed by atoms with van der Waals surface area (Å²) in [6, 6.07) is 4.38. The van der Waals surface area contributed by atoms with Crippen LogP contribution < -0.4 is 0 Å². The van der Waals surface area contributed by atoms with E-state index in [9.17, 15) is 0 Å². The zero-order valence-electron chi connectivity index (χ0n) is 7.29. The third-order valence-electron chi connectivity index (χ3n) is 2.19. The fraction of sp³-hybridized carbons (Fsp3) is 0.300. The molecule has 0 atom stereocenters. The monoisotopic (exact) mass is 177 g/mol. The summed E-state index contributed by atoms with van der Waals surface area (Å²) in [6.45, 7) is 4.32. The molecule has 0 aliphatic carbocycles. The van der Waals surface area contributed by atoms with Gasteiger partial charge in [0.1, 0.15) is 0 Å². The molecule has 2 rings (SSSR count). The van der Waals surface area contributed by atoms with Gasteiger partial charge in [0.25, 0.3) is 0 Å². The van der Waals surface area contributed by atoms with Crippen LogP contribution in [0, 0.1) is 6.92 Å². The van der Waals surface area contributed by atoms with Crippen molar-refractivity contribution < 1.29 is 0 Å². The van der Waals surface area contributed by atoms with Crippen LogP contribution in [0.1, 0.15) is 18.1 Å². The van der Waals surface area contributed by atoms with Gasteiger partial charge in [-0.15, -0.1) is 0 Å². The molecule has 0 aliphatic rings. The summed E-state index contributed by atoms with van der Waals surface area (Å²) in [7, 11) is 0. The molecule has 2 heteroatoms. The van der Waals surface area contributed by atoms with E-state index in [0.29, 0.717) is 0 Å². The van der Waals surface area contributed by atoms with Crippen molar-refractivity contribution in [2.45, 2.75) is 20.3 Å². The summed E-state index contributed by atoms with van der Waals surface area (Å²) in [4.78, 5) is 0. The van der Waals surface area contributed by atoms with Gasteiger partial charge in [-0.2, -0.15) is 4.37 Å². The van der Waals surface area contributed by atoms with E-state index in [1.54, 1.807) is 11.5 Å². The average molecular weight is 177 g/mol. The highest BCUT2D eigenvalue weighted by Gasteiger charge is 2.03. The second-order valence-electron chi connectivity index (χ2n) is 2.96. The van der Waals surface area contributed by atoms with Crippen LogP contribution in [0.3, 0.4) is 0 Å². The minimum Gasteiger partial charge on any atom is -0.200 e. The number of hydrogen-bond acceptors (Lipinski definition) is 2. The number of nitrogens with zero attached hydrogens (tertiary/aromatic N) is 1. The second kappa shape index (κ2) is 2.87. The Morgan fingerprint density at radius 1 is 1.42 bits per heavy atom. The number of hydrogen-bond donors (Lipinski definition) is 0. The third kappa shape index (κ3) is 1.03. The minimum atomic E-state index is 1.09. The van der Waals surface area contributed by atoms with Crippen molar-refractivity contribution >= 4 is 21.6 Å². The predicted molar refractivity (Wildman–Crippen MR) is 53.7 cm³/mol. The number of benzene rings is 1. The molecule has 1 aromatic carbocycles. The van der Waals surface area contributed by atoms with Crippen molar-refractivity contribution in [2.24, 2.45) is 0 Å². The number of fused-ring (bicyclic) bond motifs is 1. The first-order valence-electron chi connectivity index (χ1n) is 4.15. The molecule has 0 radical (unpaired) electrons. The molecule has 0 amide bonds. The summed E-state index contributed by atoms with van der Waals surface area (Å²) in [5.41, 5.74) is 2.74. The lowest BCUT2D eigenvalue weighted by Gasteiger charge is -1.99. The Kier molecular flexibility index (Phi) is 1.85. The van der Waals surface area contributed by atoms with Gasteiger partial charge in [0.15, 0.2) is 0 Å². The standard InChI is InChI=1S/C10H11NS/c1-3-8-5-4-7(2)10-9(8)6-11-12-10/h4-6H,3H2,1-2H3. The van der Waals surface area contributed by atoms with Crippen molar-refractivity contribution in [1.82, 2.24) is 4.37 Å². The van der Waals surface area contributed by atoms with Crippen LogP contribution in [-0.4, -0.2) is 4.37 Å². The third-order valence-corrected chi connectivity index (χ3v) is 3.13. The largest absolute Gasteiger partial charge is 0.200 e. The van der Waals surface area contributed by atoms with E-state index in [2.05, 4.69) is 30.4 Å². The van der Waals surface area contributed by atoms with Gasteiger partial charge in [0.2, 0.25) is 0 Å². The van der Waals surface area contributed by atoms with E-state index >= 15 is 0 Å². The molecule has 2 aromatic rings. The molecule has 0 N–H and O–H groups in total. The fourth-order valence-corrected chi connectivity index (χ4v) is 2.21. The van der Waals surface area contributed by atoms with E-state index in [4.69, 9.17) is 0 Å². The Morgan fingerprint density at radius 3 is 3.00 bits per heavy atom. The van der Waals surface area contributed by atoms with Crippen LogP contribution in [0.25, 0.3) is 10.1 Å². The second-order valence-corrected chi connectivity index (χ2v) is 3.77. The Hall–Kier alpha value is -0.890. The minimum absolute atomic E-state index is 1.09. The maximum Gasteiger partial charge on any atom is 0.0581 e. The Labute approximate surface area is 76.2 Å². The lowest BCUT2D eigenvalue weighted by atomic mass is 10.1. The molecular weight excluding hydrogens is 166 g/mol. The summed E-state index contributed by atoms with van der Waals surface area (Å²) < 4.78 is 5.55. The summed E-state index contributed by atoms with van der Waals surface area (Å²) in [5, 5.41) is 1.34. The van der Waals surface area contributed by atoms with E-state index in [-0.39, 0.29) is 0 Å². The molecule has 12 heavy (non-hydrogen) atoms. The van der Waals surface area contributed by atoms with E-state index in [1.807, 2.05) is 6.20 Å². The maximum absolute atomic E-state index is 4.21. The molecule has 0 spiro atoms. The van der Waals surface area contributed by atoms with Crippen LogP contribution in [-0.2, 0) is 6.42 Å². The van der Waals surface area contributed by atoms with Gasteiger partial charge in [0.05, 0.1) is 4.70 Å². The van der Waals surface area contributed by atoms with Crippen LogP contribution in [0.2, 0.25) is 0 Å². The number of rotatable bonds is 1. The lowest BCUT2D eigenvalue weighted by molar-refractivity contribution is 1.16. The van der Waals surface area contributed by atoms with Crippen molar-refractivity contribution in [3.05, 3.63) is 29.5 Å². The molecule has 1 nitrogen and oxygen atoms in total. The van der Waals surface area contributed by atoms with Gasteiger partial charge >= 0.3 is 0 Å². The molecule has 0 saturated carbocycles. The zero-order valence-corrected chi connectivity index (χ0v) is 8.11. The first-order chi connectivity index (χ1) is 5.83. The molecule has 0 unspecified atom stereocenters. The Morgan fingerprint density at radius 2 is 2.25 bits per heavy atom. The van der Waals surface area contributed by atoms with Crippen molar-refractivity contribution in [1.29, 1.82) is 0 Å². The highest BCUT2D eigenvalue weighted by atomic mass is 32.1. The maximum atomic E-state index is 4.21. The van der Waals surface area contributed by atoms with Crippen molar-refractivity contribution in [2.75, 3.05) is 0 Å². The van der Waals surface area contributed by atoms with Gasteiger partial charge in [-0.05, 0) is 36.0 Å². The highest BCUT2D eigenvalue weighted by Crippen LogP contribution is 2.25. The predicted octanol–water partition coefficient (Wildman–Crippen LogP) is 3.17. The van der Waals surface area contributed by atoms with E-state index in [1.165, 1.54) is 21.2 Å². The van der Waals surface area contributed by atoms with Crippen molar-refractivity contribution in [3.63, 3.8) is 0 Å². The first-order valence-corrected chi connectivity index (χ1v) is 4.93. The topological polar surface area (TPSA) is 12.9 Å². The molecular formula is C10H11NS. The molecule has 0 fully saturated rings. The van der Waals surface area contributed by atoms with Gasteiger partial charge < -0.3 is 0 Å². The van der Waals surface area contributed by atoms with Crippen LogP contribution in [0.15, 0.2) is 18.3 Å². The van der Waals surface area contributed by atoms with Crippen LogP contribution in [0.4, 0.5) is 0 Å². The summed E-state index contributed by atoms with van der Waals surface area (Å²) >= 11 is 1.59. The molecule has 0 aliphatic heterocycles. The van der Waals surface area contributed by atoms with E-state index in [0.717, 1.165) is 6.42 Å². The van der Waals surface area contributed by atoms with Crippen molar-refractivity contribution in [3.8, 4) is 0 Å². The fourth-order valence-electron chi connectivity index (χ4n) is 1.45. The smallest absolute Gasteiger partial charge is 0.0581 e. The van der Waals surface area contributed by atoms with Crippen LogP contribution >= 0.6 is 11.5 Å². The summed E-state index contributed by atoms with van der Waals surface area (Å²) in [6.07, 6.45) is 3.07.